The summed E-state index contributed by atoms with van der Waals surface area (Å²) < 4.78 is 460. The third-order valence-electron chi connectivity index (χ3n) is 18.2. The summed E-state index contributed by atoms with van der Waals surface area (Å²) in [6.45, 7) is 0. The number of hydrogen-bond donors (Lipinski definition) is 1. The van der Waals surface area contributed by atoms with E-state index in [1.807, 2.05) is 0 Å². The van der Waals surface area contributed by atoms with Gasteiger partial charge in [-0.1, -0.05) is 230 Å². The molecule has 0 aliphatic rings. The summed E-state index contributed by atoms with van der Waals surface area (Å²) in [6, 6.07) is 34.7. The lowest BCUT2D eigenvalue weighted by molar-refractivity contribution is -0.145. The zero-order chi connectivity index (χ0) is 83.3. The van der Waals surface area contributed by atoms with Crippen LogP contribution in [0.15, 0.2) is 267 Å². The molecule has 11 rings (SSSR count). The van der Waals surface area contributed by atoms with Crippen LogP contribution in [0.5, 0.6) is 5.75 Å². The topological polar surface area (TPSA) is 38.7 Å². The second-order valence-electron chi connectivity index (χ2n) is 25.3. The molecular weight excluding hydrogens is 1580 g/mol. The molecule has 0 aromatic heterocycles. The summed E-state index contributed by atoms with van der Waals surface area (Å²) in [4.78, 5) is 0. The first-order chi connectivity index (χ1) is 52.2. The van der Waals surface area contributed by atoms with Crippen LogP contribution < -0.4 is 26.5 Å². The van der Waals surface area contributed by atoms with E-state index >= 15 is 105 Å². The number of hydrogen-bond acceptors (Lipinski definition) is 3. The summed E-state index contributed by atoms with van der Waals surface area (Å²) >= 11 is 0. The molecule has 11 aromatic rings. The second-order valence-corrected chi connectivity index (χ2v) is 25.3. The van der Waals surface area contributed by atoms with Crippen LogP contribution in [-0.4, -0.2) is 18.5 Å². The van der Waals surface area contributed by atoms with Gasteiger partial charge in [0.2, 0.25) is 0 Å². The van der Waals surface area contributed by atoms with E-state index in [9.17, 15) is 31.4 Å². The van der Waals surface area contributed by atoms with Crippen molar-refractivity contribution in [2.24, 2.45) is 0 Å². The van der Waals surface area contributed by atoms with E-state index < -0.39 is 258 Å². The Kier molecular flexibility index (Phi) is 22.9. The molecule has 0 spiro atoms. The lowest BCUT2D eigenvalue weighted by atomic mass is 9.12. The quantitative estimate of drug-likeness (QED) is 0.0632. The minimum absolute atomic E-state index is 0.0255. The smallest absolute Gasteiger partial charge is 0.512 e. The maximum Gasteiger partial charge on any atom is 0.711 e. The molecule has 35 heteroatoms. The molecule has 0 fully saturated rings. The predicted molar refractivity (Wildman–Crippen MR) is 354 cm³/mol. The van der Waals surface area contributed by atoms with Crippen molar-refractivity contribution >= 4 is 35.3 Å². The van der Waals surface area contributed by atoms with Gasteiger partial charge in [0.05, 0.1) is 61.0 Å². The number of halogens is 30. The van der Waals surface area contributed by atoms with E-state index in [-0.39, 0.29) is 6.07 Å². The Morgan fingerprint density at radius 1 is 0.230 bits per heavy atom. The molecule has 0 aliphatic heterocycles. The van der Waals surface area contributed by atoms with Crippen LogP contribution in [0, 0.1) is 0 Å². The fourth-order valence-electron chi connectivity index (χ4n) is 13.6. The zero-order valence-electron chi connectivity index (χ0n) is 56.2. The van der Waals surface area contributed by atoms with E-state index in [2.05, 4.69) is 0 Å². The van der Waals surface area contributed by atoms with Gasteiger partial charge in [0.25, 0.3) is 0 Å². The summed E-state index contributed by atoms with van der Waals surface area (Å²) in [6.07, 6.45) is -66.4. The van der Waals surface area contributed by atoms with Gasteiger partial charge in [-0.05, 0) is 75.8 Å². The minimum Gasteiger partial charge on any atom is -0.512 e. The Bertz CT molecular complexity index is 4630. The largest absolute Gasteiger partial charge is 0.711 e. The Morgan fingerprint density at radius 3 is 0.664 bits per heavy atom. The maximum absolute atomic E-state index is 16.5. The molecule has 0 bridgehead atoms. The van der Waals surface area contributed by atoms with E-state index in [0.29, 0.717) is 28.8 Å². The lowest BCUT2D eigenvalue weighted by Crippen LogP contribution is -2.77. The van der Waals surface area contributed by atoms with Crippen LogP contribution >= 0.6 is 0 Å². The minimum atomic E-state index is -6.39. The third-order valence-corrected chi connectivity index (χ3v) is 18.2. The lowest BCUT2D eigenvalue weighted by Gasteiger charge is -2.51. The average Bonchev–Trinajstić information content (AvgIpc) is 0.682. The normalized spacial score (nSPS) is 13.3. The molecule has 0 amide bonds. The van der Waals surface area contributed by atoms with Crippen molar-refractivity contribution < 1.29 is 146 Å². The monoisotopic (exact) mass is 1620 g/mol. The second kappa shape index (κ2) is 30.6. The fourth-order valence-corrected chi connectivity index (χ4v) is 13.6. The highest BCUT2D eigenvalue weighted by molar-refractivity contribution is 7.20. The van der Waals surface area contributed by atoms with Gasteiger partial charge in [-0.25, -0.2) is 0 Å². The van der Waals surface area contributed by atoms with Gasteiger partial charge >= 0.3 is 69.1 Å². The van der Waals surface area contributed by atoms with Gasteiger partial charge in [0, 0.05) is 0 Å². The molecule has 11 aromatic carbocycles. The van der Waals surface area contributed by atoms with Crippen molar-refractivity contribution in [3.63, 3.8) is 0 Å². The Labute approximate surface area is 619 Å². The van der Waals surface area contributed by atoms with Gasteiger partial charge in [0.15, 0.2) is 0 Å². The Morgan fingerprint density at radius 2 is 0.442 bits per heavy atom. The molecule has 0 saturated heterocycles. The molecule has 0 saturated carbocycles. The molecule has 0 unspecified atom stereocenters. The van der Waals surface area contributed by atoms with Crippen molar-refractivity contribution in [2.45, 2.75) is 72.8 Å². The highest BCUT2D eigenvalue weighted by Gasteiger charge is 2.54. The van der Waals surface area contributed by atoms with Gasteiger partial charge < -0.3 is 14.3 Å². The fraction of sp³-hybridized carbons (Fsp3) is 0.154. The molecule has 592 valence electrons. The highest BCUT2D eigenvalue weighted by Crippen LogP contribution is 2.53. The molecular formula is C78H45B2F30O3-. The first kappa shape index (κ1) is 84.6. The van der Waals surface area contributed by atoms with Crippen molar-refractivity contribution in [3.05, 3.63) is 361 Å². The van der Waals surface area contributed by atoms with Crippen molar-refractivity contribution in [1.82, 2.24) is 0 Å². The number of alkyl halides is 30. The Balaban J connectivity index is 0.000000304. The van der Waals surface area contributed by atoms with Gasteiger partial charge in [0.1, 0.15) is 17.5 Å². The van der Waals surface area contributed by atoms with E-state index in [0.717, 1.165) is 72.8 Å². The van der Waals surface area contributed by atoms with Crippen LogP contribution in [0.2, 0.25) is 0 Å². The van der Waals surface area contributed by atoms with Crippen molar-refractivity contribution in [1.29, 1.82) is 0 Å². The standard InChI is InChI=1S/C51H26BF24.C27H19BF6O3/c53-44(54,55)30-16-31(45(56,57)58)20-37(19-30)52(38-21-32(46(59,60)61)17-33(22-38)47(62,63)64,39-23-34(48(65,66)67)18-35(24-39)49(68,69)70)41-26-36(50(71,72)73)25-40(51(74,75)76)42(41)43(27-10-4-1-5-11-27,28-12-6-2-7-13-28)29-14-8-3-9-15-29;29-26(30,31)22-16-23(27(32,33)34)18-24(17-22)36-28(35)37-25(19-10-4-1-5-11-19,20-12-6-2-7-13-20)21-14-8-3-9-15-21/h1-26H;1-18,35H/q-1;. The van der Waals surface area contributed by atoms with Crippen LogP contribution in [0.4, 0.5) is 132 Å². The van der Waals surface area contributed by atoms with E-state index in [1.165, 1.54) is 18.2 Å². The SMILES string of the molecule is FC(F)(F)c1cc([B-](c2cc(C(F)(F)F)cc(C(F)(F)F)c2)(c2cc(C(F)(F)F)cc(C(F)(F)F)c2)c2cc(C(F)(F)F)cc(C(F)(F)F)c2C(c2ccccc2)(c2ccccc2)c2ccccc2)cc(C(F)(F)F)c1.OB(Oc1cc(C(F)(F)F)cc(C(F)(F)F)c1)OC(c1ccccc1)(c1ccccc1)c1ccccc1. The predicted octanol–water partition coefficient (Wildman–Crippen LogP) is 22.7. The Hall–Kier alpha value is -10.8. The molecule has 0 atom stereocenters. The van der Waals surface area contributed by atoms with Crippen molar-refractivity contribution in [2.75, 3.05) is 0 Å². The summed E-state index contributed by atoms with van der Waals surface area (Å²) in [5.41, 5.74) is -40.7. The summed E-state index contributed by atoms with van der Waals surface area (Å²) in [5, 5.41) is 10.8. The molecule has 3 nitrogen and oxygen atoms in total. The molecule has 0 radical (unpaired) electrons. The first-order valence-corrected chi connectivity index (χ1v) is 32.3. The summed E-state index contributed by atoms with van der Waals surface area (Å²) in [7, 11) is -2.26. The number of benzene rings is 11. The molecule has 1 N–H and O–H groups in total. The summed E-state index contributed by atoms with van der Waals surface area (Å²) in [5.74, 6) is -0.863. The molecule has 113 heavy (non-hydrogen) atoms. The maximum atomic E-state index is 16.5. The zero-order valence-corrected chi connectivity index (χ0v) is 56.2. The third kappa shape index (κ3) is 17.8. The van der Waals surface area contributed by atoms with Crippen LogP contribution in [-0.2, 0) is 77.4 Å². The van der Waals surface area contributed by atoms with Gasteiger partial charge in [-0.2, -0.15) is 154 Å². The van der Waals surface area contributed by atoms with Crippen LogP contribution in [0.3, 0.4) is 0 Å². The van der Waals surface area contributed by atoms with Gasteiger partial charge in [-0.3, -0.25) is 0 Å². The van der Waals surface area contributed by atoms with Crippen LogP contribution in [0.25, 0.3) is 0 Å². The highest BCUT2D eigenvalue weighted by atomic mass is 19.4. The first-order valence-electron chi connectivity index (χ1n) is 32.3. The van der Waals surface area contributed by atoms with E-state index in [4.69, 9.17) is 9.31 Å². The number of rotatable bonds is 15. The molecule has 0 aliphatic carbocycles. The van der Waals surface area contributed by atoms with Crippen LogP contribution in [0.1, 0.15) is 94.6 Å². The average molecular weight is 1620 g/mol. The van der Waals surface area contributed by atoms with Crippen molar-refractivity contribution in [3.8, 4) is 5.75 Å². The van der Waals surface area contributed by atoms with Gasteiger partial charge in [-0.15, -0.1) is 0 Å². The van der Waals surface area contributed by atoms with E-state index in [1.54, 1.807) is 91.0 Å². The molecule has 0 heterocycles.